The summed E-state index contributed by atoms with van der Waals surface area (Å²) >= 11 is 7.88. The third kappa shape index (κ3) is 2.44. The molecule has 4 heteroatoms. The zero-order valence-corrected chi connectivity index (χ0v) is 12.0. The van der Waals surface area contributed by atoms with Crippen LogP contribution in [0, 0.1) is 0 Å². The molecule has 0 aliphatic rings. The summed E-state index contributed by atoms with van der Waals surface area (Å²) in [7, 11) is 0. The third-order valence-electron chi connectivity index (χ3n) is 2.77. The van der Waals surface area contributed by atoms with E-state index in [0.29, 0.717) is 17.4 Å². The predicted octanol–water partition coefficient (Wildman–Crippen LogP) is 5.02. The van der Waals surface area contributed by atoms with Gasteiger partial charge in [-0.2, -0.15) is 0 Å². The standard InChI is InChI=1S/C15H12ClNOS/c1-2-18-13-8-7-10(9-11(13)16)15-17-12-5-3-4-6-14(12)19-15/h3-9H,2H2,1H3. The van der Waals surface area contributed by atoms with E-state index in [0.717, 1.165) is 16.1 Å². The van der Waals surface area contributed by atoms with Gasteiger partial charge in [0.1, 0.15) is 10.8 Å². The van der Waals surface area contributed by atoms with Gasteiger partial charge in [0.05, 0.1) is 21.8 Å². The molecule has 0 aliphatic heterocycles. The minimum absolute atomic E-state index is 0.611. The largest absolute Gasteiger partial charge is 0.492 e. The van der Waals surface area contributed by atoms with E-state index in [9.17, 15) is 0 Å². The molecule has 0 bridgehead atoms. The van der Waals surface area contributed by atoms with Crippen molar-refractivity contribution in [3.8, 4) is 16.3 Å². The number of para-hydroxylation sites is 1. The zero-order chi connectivity index (χ0) is 13.2. The molecule has 19 heavy (non-hydrogen) atoms. The van der Waals surface area contributed by atoms with Gasteiger partial charge in [-0.25, -0.2) is 4.98 Å². The third-order valence-corrected chi connectivity index (χ3v) is 4.15. The van der Waals surface area contributed by atoms with Crippen molar-refractivity contribution < 1.29 is 4.74 Å². The van der Waals surface area contributed by atoms with Crippen LogP contribution in [0.5, 0.6) is 5.75 Å². The highest BCUT2D eigenvalue weighted by atomic mass is 35.5. The number of hydrogen-bond acceptors (Lipinski definition) is 3. The second-order valence-electron chi connectivity index (χ2n) is 4.06. The fourth-order valence-corrected chi connectivity index (χ4v) is 3.10. The number of thiazole rings is 1. The van der Waals surface area contributed by atoms with Gasteiger partial charge in [-0.1, -0.05) is 23.7 Å². The van der Waals surface area contributed by atoms with Crippen molar-refractivity contribution in [2.45, 2.75) is 6.92 Å². The van der Waals surface area contributed by atoms with Crippen LogP contribution in [0.25, 0.3) is 20.8 Å². The maximum Gasteiger partial charge on any atom is 0.137 e. The number of aromatic nitrogens is 1. The highest BCUT2D eigenvalue weighted by Gasteiger charge is 2.08. The Hall–Kier alpha value is -1.58. The monoisotopic (exact) mass is 289 g/mol. The van der Waals surface area contributed by atoms with Crippen molar-refractivity contribution in [2.75, 3.05) is 6.61 Å². The van der Waals surface area contributed by atoms with Crippen molar-refractivity contribution in [2.24, 2.45) is 0 Å². The van der Waals surface area contributed by atoms with Gasteiger partial charge in [-0.05, 0) is 37.3 Å². The van der Waals surface area contributed by atoms with Gasteiger partial charge in [0.15, 0.2) is 0 Å². The second-order valence-corrected chi connectivity index (χ2v) is 5.50. The Balaban J connectivity index is 2.03. The van der Waals surface area contributed by atoms with Gasteiger partial charge in [0.25, 0.3) is 0 Å². The summed E-state index contributed by atoms with van der Waals surface area (Å²) in [5.74, 6) is 0.717. The summed E-state index contributed by atoms with van der Waals surface area (Å²) in [4.78, 5) is 4.62. The van der Waals surface area contributed by atoms with Crippen molar-refractivity contribution in [3.05, 3.63) is 47.5 Å². The quantitative estimate of drug-likeness (QED) is 0.676. The summed E-state index contributed by atoms with van der Waals surface area (Å²) in [5.41, 5.74) is 2.04. The molecule has 0 atom stereocenters. The number of nitrogens with zero attached hydrogens (tertiary/aromatic N) is 1. The van der Waals surface area contributed by atoms with E-state index in [4.69, 9.17) is 16.3 Å². The van der Waals surface area contributed by atoms with Gasteiger partial charge in [0.2, 0.25) is 0 Å². The van der Waals surface area contributed by atoms with E-state index in [1.165, 1.54) is 4.70 Å². The minimum Gasteiger partial charge on any atom is -0.492 e. The summed E-state index contributed by atoms with van der Waals surface area (Å²) in [6.45, 7) is 2.55. The van der Waals surface area contributed by atoms with Gasteiger partial charge >= 0.3 is 0 Å². The Bertz CT molecular complexity index is 690. The highest BCUT2D eigenvalue weighted by molar-refractivity contribution is 7.21. The van der Waals surface area contributed by atoms with E-state index in [-0.39, 0.29) is 0 Å². The molecule has 1 aromatic heterocycles. The van der Waals surface area contributed by atoms with Crippen molar-refractivity contribution in [3.63, 3.8) is 0 Å². The molecule has 2 aromatic carbocycles. The first-order valence-electron chi connectivity index (χ1n) is 6.06. The van der Waals surface area contributed by atoms with Gasteiger partial charge in [-0.15, -0.1) is 11.3 Å². The lowest BCUT2D eigenvalue weighted by Crippen LogP contribution is -1.92. The molecule has 1 heterocycles. The van der Waals surface area contributed by atoms with Crippen LogP contribution in [0.3, 0.4) is 0 Å². The number of rotatable bonds is 3. The molecule has 0 spiro atoms. The number of ether oxygens (including phenoxy) is 1. The molecule has 96 valence electrons. The predicted molar refractivity (Wildman–Crippen MR) is 81.2 cm³/mol. The van der Waals surface area contributed by atoms with Crippen LogP contribution in [0.15, 0.2) is 42.5 Å². The molecular formula is C15H12ClNOS. The molecule has 3 aromatic rings. The first-order chi connectivity index (χ1) is 9.28. The van der Waals surface area contributed by atoms with Crippen LogP contribution in [-0.4, -0.2) is 11.6 Å². The Kier molecular flexibility index (Phi) is 3.40. The van der Waals surface area contributed by atoms with Gasteiger partial charge < -0.3 is 4.74 Å². The summed E-state index contributed by atoms with van der Waals surface area (Å²) in [6, 6.07) is 13.9. The van der Waals surface area contributed by atoms with Crippen LogP contribution < -0.4 is 4.74 Å². The Morgan fingerprint density at radius 3 is 2.79 bits per heavy atom. The van der Waals surface area contributed by atoms with Crippen molar-refractivity contribution in [1.82, 2.24) is 4.98 Å². The number of halogens is 1. The Morgan fingerprint density at radius 2 is 2.05 bits per heavy atom. The lowest BCUT2D eigenvalue weighted by Gasteiger charge is -2.06. The lowest BCUT2D eigenvalue weighted by molar-refractivity contribution is 0.340. The molecule has 0 N–H and O–H groups in total. The Morgan fingerprint density at radius 1 is 1.21 bits per heavy atom. The van der Waals surface area contributed by atoms with E-state index in [2.05, 4.69) is 11.1 Å². The summed E-state index contributed by atoms with van der Waals surface area (Å²) in [6.07, 6.45) is 0. The van der Waals surface area contributed by atoms with Crippen LogP contribution in [0.2, 0.25) is 5.02 Å². The van der Waals surface area contributed by atoms with E-state index in [1.807, 2.05) is 43.3 Å². The van der Waals surface area contributed by atoms with Crippen LogP contribution in [0.4, 0.5) is 0 Å². The van der Waals surface area contributed by atoms with Gasteiger partial charge in [-0.3, -0.25) is 0 Å². The lowest BCUT2D eigenvalue weighted by atomic mass is 10.2. The first-order valence-corrected chi connectivity index (χ1v) is 7.25. The Labute approximate surface area is 120 Å². The molecule has 3 rings (SSSR count). The zero-order valence-electron chi connectivity index (χ0n) is 10.4. The van der Waals surface area contributed by atoms with Crippen LogP contribution in [0.1, 0.15) is 6.92 Å². The number of hydrogen-bond donors (Lipinski definition) is 0. The number of benzene rings is 2. The maximum absolute atomic E-state index is 6.21. The molecular weight excluding hydrogens is 278 g/mol. The molecule has 0 saturated carbocycles. The molecule has 0 fully saturated rings. The average Bonchev–Trinajstić information content (AvgIpc) is 2.85. The fourth-order valence-electron chi connectivity index (χ4n) is 1.90. The first kappa shape index (κ1) is 12.5. The van der Waals surface area contributed by atoms with Crippen molar-refractivity contribution in [1.29, 1.82) is 0 Å². The molecule has 2 nitrogen and oxygen atoms in total. The summed E-state index contributed by atoms with van der Waals surface area (Å²) < 4.78 is 6.62. The van der Waals surface area contributed by atoms with E-state index < -0.39 is 0 Å². The highest BCUT2D eigenvalue weighted by Crippen LogP contribution is 2.34. The average molecular weight is 290 g/mol. The van der Waals surface area contributed by atoms with Gasteiger partial charge in [0, 0.05) is 5.56 Å². The SMILES string of the molecule is CCOc1ccc(-c2nc3ccccc3s2)cc1Cl. The van der Waals surface area contributed by atoms with Crippen molar-refractivity contribution >= 4 is 33.2 Å². The molecule has 0 radical (unpaired) electrons. The topological polar surface area (TPSA) is 22.1 Å². The van der Waals surface area contributed by atoms with Crippen LogP contribution >= 0.6 is 22.9 Å². The normalized spacial score (nSPS) is 10.8. The minimum atomic E-state index is 0.611. The summed E-state index contributed by atoms with van der Waals surface area (Å²) in [5, 5.41) is 1.60. The second kappa shape index (κ2) is 5.19. The molecule has 0 unspecified atom stereocenters. The molecule has 0 aliphatic carbocycles. The fraction of sp³-hybridized carbons (Fsp3) is 0.133. The maximum atomic E-state index is 6.21. The smallest absolute Gasteiger partial charge is 0.137 e. The number of fused-ring (bicyclic) bond motifs is 1. The molecule has 0 saturated heterocycles. The molecule has 0 amide bonds. The van der Waals surface area contributed by atoms with E-state index >= 15 is 0 Å². The van der Waals surface area contributed by atoms with E-state index in [1.54, 1.807) is 11.3 Å². The van der Waals surface area contributed by atoms with Crippen LogP contribution in [-0.2, 0) is 0 Å².